The number of pyridine rings is 1. The third-order valence-corrected chi connectivity index (χ3v) is 5.73. The van der Waals surface area contributed by atoms with Crippen LogP contribution in [0.5, 0.6) is 0 Å². The van der Waals surface area contributed by atoms with Crippen molar-refractivity contribution in [2.45, 2.75) is 45.4 Å². The number of hydrogen-bond acceptors (Lipinski definition) is 3. The molecule has 140 valence electrons. The molecule has 1 saturated heterocycles. The molecular formula is C21H29N3O2. The minimum atomic E-state index is 0.0308. The molecule has 26 heavy (non-hydrogen) atoms. The van der Waals surface area contributed by atoms with E-state index in [-0.39, 0.29) is 11.8 Å². The fourth-order valence-corrected chi connectivity index (χ4v) is 4.01. The van der Waals surface area contributed by atoms with Gasteiger partial charge < -0.3 is 10.2 Å². The number of carbonyl (C=O) groups excluding carboxylic acids is 2. The highest BCUT2D eigenvalue weighted by molar-refractivity contribution is 5.93. The van der Waals surface area contributed by atoms with Gasteiger partial charge >= 0.3 is 0 Å². The van der Waals surface area contributed by atoms with E-state index in [1.54, 1.807) is 30.6 Å². The summed E-state index contributed by atoms with van der Waals surface area (Å²) >= 11 is 0. The minimum absolute atomic E-state index is 0.0308. The molecular weight excluding hydrogens is 326 g/mol. The fraction of sp³-hybridized carbons (Fsp3) is 0.571. The second kappa shape index (κ2) is 8.97. The number of piperidine rings is 1. The Hall–Kier alpha value is -2.17. The first-order valence-corrected chi connectivity index (χ1v) is 9.79. The maximum absolute atomic E-state index is 12.4. The predicted octanol–water partition coefficient (Wildman–Crippen LogP) is 3.19. The van der Waals surface area contributed by atoms with E-state index in [1.807, 2.05) is 4.90 Å². The lowest BCUT2D eigenvalue weighted by molar-refractivity contribution is -0.116. The first-order valence-electron chi connectivity index (χ1n) is 9.79. The number of rotatable bonds is 5. The topological polar surface area (TPSA) is 62.3 Å². The summed E-state index contributed by atoms with van der Waals surface area (Å²) in [7, 11) is 0. The molecule has 0 bridgehead atoms. The number of aromatic nitrogens is 1. The Balaban J connectivity index is 1.40. The maximum Gasteiger partial charge on any atom is 0.255 e. The summed E-state index contributed by atoms with van der Waals surface area (Å²) in [5, 5.41) is 3.05. The van der Waals surface area contributed by atoms with E-state index in [0.29, 0.717) is 23.9 Å². The molecule has 1 aromatic rings. The van der Waals surface area contributed by atoms with Gasteiger partial charge in [0.1, 0.15) is 0 Å². The predicted molar refractivity (Wildman–Crippen MR) is 102 cm³/mol. The standard InChI is InChI=1S/C21H29N3O2/c1-16(18-5-2-3-6-18)13-20(25)23-14-17-8-11-24(12-9-17)21(26)19-7-4-10-22-15-19/h4,7,10,13,15,17-18H,2-3,5-6,8-9,11-12,14H2,1H3,(H,23,25)/b16-13+. The normalized spacial score (nSPS) is 19.6. The third-order valence-electron chi connectivity index (χ3n) is 5.73. The average molecular weight is 355 g/mol. The molecule has 0 atom stereocenters. The van der Waals surface area contributed by atoms with E-state index in [4.69, 9.17) is 0 Å². The Morgan fingerprint density at radius 3 is 2.62 bits per heavy atom. The lowest BCUT2D eigenvalue weighted by Gasteiger charge is -2.32. The van der Waals surface area contributed by atoms with E-state index in [1.165, 1.54) is 31.3 Å². The first kappa shape index (κ1) is 18.6. The van der Waals surface area contributed by atoms with Gasteiger partial charge in [0.2, 0.25) is 5.91 Å². The van der Waals surface area contributed by atoms with Gasteiger partial charge in [0, 0.05) is 38.1 Å². The zero-order valence-electron chi connectivity index (χ0n) is 15.6. The summed E-state index contributed by atoms with van der Waals surface area (Å²) in [6.07, 6.45) is 12.0. The van der Waals surface area contributed by atoms with Crippen molar-refractivity contribution in [3.05, 3.63) is 41.7 Å². The summed E-state index contributed by atoms with van der Waals surface area (Å²) < 4.78 is 0. The number of nitrogens with zero attached hydrogens (tertiary/aromatic N) is 2. The zero-order chi connectivity index (χ0) is 18.4. The Labute approximate surface area is 155 Å². The number of nitrogens with one attached hydrogen (secondary N) is 1. The van der Waals surface area contributed by atoms with Crippen molar-refractivity contribution in [1.82, 2.24) is 15.2 Å². The number of allylic oxidation sites excluding steroid dienone is 1. The molecule has 2 amide bonds. The summed E-state index contributed by atoms with van der Waals surface area (Å²) in [5.74, 6) is 1.12. The van der Waals surface area contributed by atoms with Gasteiger partial charge in [-0.15, -0.1) is 0 Å². The molecule has 1 aliphatic heterocycles. The van der Waals surface area contributed by atoms with Crippen LogP contribution in [0.4, 0.5) is 0 Å². The van der Waals surface area contributed by atoms with Crippen LogP contribution in [0.15, 0.2) is 36.2 Å². The van der Waals surface area contributed by atoms with Crippen molar-refractivity contribution in [2.24, 2.45) is 11.8 Å². The molecule has 0 radical (unpaired) electrons. The molecule has 1 aliphatic carbocycles. The van der Waals surface area contributed by atoms with Crippen molar-refractivity contribution in [3.63, 3.8) is 0 Å². The Morgan fingerprint density at radius 2 is 1.96 bits per heavy atom. The van der Waals surface area contributed by atoms with Gasteiger partial charge in [-0.05, 0) is 56.6 Å². The second-order valence-electron chi connectivity index (χ2n) is 7.59. The van der Waals surface area contributed by atoms with Crippen molar-refractivity contribution < 1.29 is 9.59 Å². The molecule has 2 aliphatic rings. The van der Waals surface area contributed by atoms with E-state index in [0.717, 1.165) is 25.9 Å². The Morgan fingerprint density at radius 1 is 1.23 bits per heavy atom. The van der Waals surface area contributed by atoms with Crippen LogP contribution in [-0.2, 0) is 4.79 Å². The van der Waals surface area contributed by atoms with E-state index >= 15 is 0 Å². The fourth-order valence-electron chi connectivity index (χ4n) is 4.01. The van der Waals surface area contributed by atoms with Crippen LogP contribution < -0.4 is 5.32 Å². The summed E-state index contributed by atoms with van der Waals surface area (Å²) in [5.41, 5.74) is 1.86. The van der Waals surface area contributed by atoms with Gasteiger partial charge in [-0.25, -0.2) is 0 Å². The molecule has 1 saturated carbocycles. The van der Waals surface area contributed by atoms with Crippen LogP contribution in [0.25, 0.3) is 0 Å². The highest BCUT2D eigenvalue weighted by Crippen LogP contribution is 2.30. The van der Waals surface area contributed by atoms with Crippen LogP contribution in [0.1, 0.15) is 55.8 Å². The lowest BCUT2D eigenvalue weighted by Crippen LogP contribution is -2.41. The van der Waals surface area contributed by atoms with Crippen LogP contribution >= 0.6 is 0 Å². The van der Waals surface area contributed by atoms with E-state index in [2.05, 4.69) is 17.2 Å². The van der Waals surface area contributed by atoms with Crippen LogP contribution in [0, 0.1) is 11.8 Å². The van der Waals surface area contributed by atoms with Gasteiger partial charge in [0.25, 0.3) is 5.91 Å². The van der Waals surface area contributed by atoms with Crippen LogP contribution in [0.3, 0.4) is 0 Å². The van der Waals surface area contributed by atoms with Gasteiger partial charge in [-0.2, -0.15) is 0 Å². The number of likely N-dealkylation sites (tertiary alicyclic amines) is 1. The van der Waals surface area contributed by atoms with Crippen LogP contribution in [0.2, 0.25) is 0 Å². The smallest absolute Gasteiger partial charge is 0.255 e. The molecule has 0 unspecified atom stereocenters. The second-order valence-corrected chi connectivity index (χ2v) is 7.59. The largest absolute Gasteiger partial charge is 0.352 e. The molecule has 0 spiro atoms. The molecule has 5 heteroatoms. The third kappa shape index (κ3) is 4.93. The van der Waals surface area contributed by atoms with Crippen molar-refractivity contribution in [3.8, 4) is 0 Å². The summed E-state index contributed by atoms with van der Waals surface area (Å²) in [6.45, 7) is 4.26. The molecule has 3 rings (SSSR count). The van der Waals surface area contributed by atoms with Crippen molar-refractivity contribution in [2.75, 3.05) is 19.6 Å². The Kier molecular flexibility index (Phi) is 6.42. The first-order chi connectivity index (χ1) is 12.6. The highest BCUT2D eigenvalue weighted by atomic mass is 16.2. The minimum Gasteiger partial charge on any atom is -0.352 e. The average Bonchev–Trinajstić information content (AvgIpc) is 3.22. The van der Waals surface area contributed by atoms with Crippen molar-refractivity contribution in [1.29, 1.82) is 0 Å². The molecule has 5 nitrogen and oxygen atoms in total. The molecule has 0 aromatic carbocycles. The van der Waals surface area contributed by atoms with Crippen LogP contribution in [-0.4, -0.2) is 41.3 Å². The molecule has 2 fully saturated rings. The van der Waals surface area contributed by atoms with Gasteiger partial charge in [0.05, 0.1) is 5.56 Å². The number of amides is 2. The summed E-state index contributed by atoms with van der Waals surface area (Å²) in [6, 6.07) is 3.59. The molecule has 1 N–H and O–H groups in total. The van der Waals surface area contributed by atoms with Gasteiger partial charge in [-0.3, -0.25) is 14.6 Å². The lowest BCUT2D eigenvalue weighted by atomic mass is 9.96. The van der Waals surface area contributed by atoms with Crippen molar-refractivity contribution >= 4 is 11.8 Å². The number of hydrogen-bond donors (Lipinski definition) is 1. The SMILES string of the molecule is C/C(=C\C(=O)NCC1CCN(C(=O)c2cccnc2)CC1)C1CCCC1. The zero-order valence-corrected chi connectivity index (χ0v) is 15.6. The number of carbonyl (C=O) groups is 2. The van der Waals surface area contributed by atoms with E-state index < -0.39 is 0 Å². The van der Waals surface area contributed by atoms with Gasteiger partial charge in [0.15, 0.2) is 0 Å². The highest BCUT2D eigenvalue weighted by Gasteiger charge is 2.24. The molecule has 2 heterocycles. The Bertz CT molecular complexity index is 642. The van der Waals surface area contributed by atoms with Gasteiger partial charge in [-0.1, -0.05) is 18.4 Å². The quantitative estimate of drug-likeness (QED) is 0.825. The molecule has 1 aromatic heterocycles. The summed E-state index contributed by atoms with van der Waals surface area (Å²) in [4.78, 5) is 30.5. The van der Waals surface area contributed by atoms with E-state index in [9.17, 15) is 9.59 Å². The monoisotopic (exact) mass is 355 g/mol. The maximum atomic E-state index is 12.4.